The zero-order chi connectivity index (χ0) is 32.5. The van der Waals surface area contributed by atoms with Gasteiger partial charge in [-0.2, -0.15) is 0 Å². The fraction of sp³-hybridized carbons (Fsp3) is 0.130. The Kier molecular flexibility index (Phi) is 7.58. The highest BCUT2D eigenvalue weighted by atomic mass is 127. The SMILES string of the molecule is Cc1c2c(c(C)c3cc4ccccc4cc13)Cc1ccccc1C2.Ic1c2c(c(I)c3cc4ccccc4cc13)Cc1ccccc1C2. The van der Waals surface area contributed by atoms with Gasteiger partial charge in [0.25, 0.3) is 0 Å². The maximum absolute atomic E-state index is 2.57. The molecule has 0 nitrogen and oxygen atoms in total. The summed E-state index contributed by atoms with van der Waals surface area (Å²) in [7, 11) is 0. The summed E-state index contributed by atoms with van der Waals surface area (Å²) >= 11 is 5.13. The van der Waals surface area contributed by atoms with Gasteiger partial charge in [0.2, 0.25) is 0 Å². The molecule has 0 saturated heterocycles. The molecule has 0 saturated carbocycles. The zero-order valence-corrected chi connectivity index (χ0v) is 31.4. The van der Waals surface area contributed by atoms with E-state index in [9.17, 15) is 0 Å². The predicted molar refractivity (Wildman–Crippen MR) is 222 cm³/mol. The lowest BCUT2D eigenvalue weighted by molar-refractivity contribution is 0.981. The van der Waals surface area contributed by atoms with E-state index in [2.05, 4.69) is 180 Å². The largest absolute Gasteiger partial charge is 0.0620 e. The first-order valence-corrected chi connectivity index (χ1v) is 19.0. The molecule has 48 heavy (non-hydrogen) atoms. The minimum absolute atomic E-state index is 1.06. The molecule has 8 aromatic carbocycles. The zero-order valence-electron chi connectivity index (χ0n) is 27.1. The standard InChI is InChI=1S/C24H20.C22H14I2/c1-15-21-11-17-7-3-5-9-19(17)13-23(21)16(2)24-14-20-10-6-4-8-18(20)12-22(15)24;23-21-17-9-13-5-1-2-6-14(13)10-18(17)22(24)20-12-16-8-4-3-7-15(16)11-19(20)21/h3-11,13H,12,14H2,1-2H3;1-10H,11-12H2. The Morgan fingerprint density at radius 2 is 0.625 bits per heavy atom. The normalized spacial score (nSPS) is 13.1. The summed E-state index contributed by atoms with van der Waals surface area (Å²) in [4.78, 5) is 0. The molecule has 0 radical (unpaired) electrons. The lowest BCUT2D eigenvalue weighted by atomic mass is 9.79. The fourth-order valence-electron chi connectivity index (χ4n) is 8.25. The Morgan fingerprint density at radius 1 is 0.354 bits per heavy atom. The second-order valence-electron chi connectivity index (χ2n) is 13.5. The number of hydrogen-bond donors (Lipinski definition) is 0. The van der Waals surface area contributed by atoms with Gasteiger partial charge in [-0.3, -0.25) is 0 Å². The van der Waals surface area contributed by atoms with Crippen LogP contribution >= 0.6 is 45.2 Å². The van der Waals surface area contributed by atoms with Crippen molar-refractivity contribution in [2.24, 2.45) is 0 Å². The van der Waals surface area contributed by atoms with Crippen molar-refractivity contribution in [1.29, 1.82) is 0 Å². The predicted octanol–water partition coefficient (Wildman–Crippen LogP) is 12.8. The Hall–Kier alpha value is -3.74. The third kappa shape index (κ3) is 4.97. The van der Waals surface area contributed by atoms with Crippen LogP contribution in [0.25, 0.3) is 43.1 Å². The van der Waals surface area contributed by atoms with Gasteiger partial charge in [0.1, 0.15) is 0 Å². The molecule has 0 heterocycles. The van der Waals surface area contributed by atoms with Gasteiger partial charge in [0, 0.05) is 7.14 Å². The molecular formula is C46H34I2. The second kappa shape index (κ2) is 12.0. The van der Waals surface area contributed by atoms with E-state index in [-0.39, 0.29) is 0 Å². The molecule has 0 amide bonds. The number of hydrogen-bond acceptors (Lipinski definition) is 0. The van der Waals surface area contributed by atoms with Gasteiger partial charge in [0.15, 0.2) is 0 Å². The van der Waals surface area contributed by atoms with Crippen LogP contribution in [0.3, 0.4) is 0 Å². The molecule has 2 aliphatic carbocycles. The average Bonchev–Trinajstić information content (AvgIpc) is 3.14. The third-order valence-electron chi connectivity index (χ3n) is 10.9. The van der Waals surface area contributed by atoms with E-state index >= 15 is 0 Å². The van der Waals surface area contributed by atoms with Crippen molar-refractivity contribution in [2.45, 2.75) is 39.5 Å². The molecule has 0 unspecified atom stereocenters. The van der Waals surface area contributed by atoms with Gasteiger partial charge in [-0.05, 0) is 208 Å². The smallest absolute Gasteiger partial charge is 0.0248 e. The number of benzene rings is 8. The lowest BCUT2D eigenvalue weighted by Gasteiger charge is -2.25. The quantitative estimate of drug-likeness (QED) is 0.105. The Balaban J connectivity index is 0.000000131. The van der Waals surface area contributed by atoms with Gasteiger partial charge >= 0.3 is 0 Å². The maximum Gasteiger partial charge on any atom is 0.0248 e. The first-order chi connectivity index (χ1) is 23.4. The van der Waals surface area contributed by atoms with Crippen molar-refractivity contribution >= 4 is 88.3 Å². The minimum Gasteiger partial charge on any atom is -0.0620 e. The number of aryl methyl sites for hydroxylation is 2. The summed E-state index contributed by atoms with van der Waals surface area (Å²) in [5.74, 6) is 0. The molecule has 0 atom stereocenters. The van der Waals surface area contributed by atoms with Crippen LogP contribution in [0.2, 0.25) is 0 Å². The van der Waals surface area contributed by atoms with Crippen molar-refractivity contribution in [3.63, 3.8) is 0 Å². The van der Waals surface area contributed by atoms with Crippen molar-refractivity contribution in [3.05, 3.63) is 184 Å². The average molecular weight is 841 g/mol. The first kappa shape index (κ1) is 30.3. The third-order valence-corrected chi connectivity index (χ3v) is 13.4. The van der Waals surface area contributed by atoms with Crippen LogP contribution in [-0.2, 0) is 25.7 Å². The number of fused-ring (bicyclic) bond motifs is 8. The molecule has 10 rings (SSSR count). The van der Waals surface area contributed by atoms with Crippen molar-refractivity contribution in [3.8, 4) is 0 Å². The number of halogens is 2. The summed E-state index contributed by atoms with van der Waals surface area (Å²) in [5.41, 5.74) is 15.0. The van der Waals surface area contributed by atoms with Crippen LogP contribution < -0.4 is 0 Å². The van der Waals surface area contributed by atoms with Gasteiger partial charge in [-0.15, -0.1) is 0 Å². The molecule has 0 bridgehead atoms. The molecule has 0 fully saturated rings. The van der Waals surface area contributed by atoms with Gasteiger partial charge in [0.05, 0.1) is 0 Å². The Morgan fingerprint density at radius 3 is 0.958 bits per heavy atom. The second-order valence-corrected chi connectivity index (χ2v) is 15.7. The molecule has 232 valence electrons. The maximum atomic E-state index is 2.57. The van der Waals surface area contributed by atoms with E-state index in [1.165, 1.54) is 94.7 Å². The van der Waals surface area contributed by atoms with Crippen LogP contribution in [0.5, 0.6) is 0 Å². The van der Waals surface area contributed by atoms with Crippen LogP contribution in [0, 0.1) is 21.0 Å². The summed E-state index contributed by atoms with van der Waals surface area (Å²) < 4.78 is 2.86. The highest BCUT2D eigenvalue weighted by Gasteiger charge is 2.23. The van der Waals surface area contributed by atoms with Crippen LogP contribution in [0.4, 0.5) is 0 Å². The highest BCUT2D eigenvalue weighted by Crippen LogP contribution is 2.41. The van der Waals surface area contributed by atoms with Crippen LogP contribution in [-0.4, -0.2) is 0 Å². The molecule has 0 aliphatic heterocycles. The summed E-state index contributed by atoms with van der Waals surface area (Å²) in [5, 5.41) is 11.0. The van der Waals surface area contributed by atoms with E-state index < -0.39 is 0 Å². The van der Waals surface area contributed by atoms with Crippen LogP contribution in [0.15, 0.2) is 121 Å². The molecule has 2 heteroatoms. The fourth-order valence-corrected chi connectivity index (χ4v) is 10.2. The Bertz CT molecular complexity index is 2250. The van der Waals surface area contributed by atoms with Crippen molar-refractivity contribution in [2.75, 3.05) is 0 Å². The van der Waals surface area contributed by atoms with E-state index in [0.29, 0.717) is 0 Å². The molecule has 0 N–H and O–H groups in total. The van der Waals surface area contributed by atoms with Gasteiger partial charge in [-0.25, -0.2) is 0 Å². The monoisotopic (exact) mass is 840 g/mol. The summed E-state index contributed by atoms with van der Waals surface area (Å²) in [6.45, 7) is 4.62. The van der Waals surface area contributed by atoms with Crippen LogP contribution in [0.1, 0.15) is 55.6 Å². The molecule has 2 aliphatic rings. The van der Waals surface area contributed by atoms with E-state index in [0.717, 1.165) is 25.7 Å². The first-order valence-electron chi connectivity index (χ1n) is 16.8. The van der Waals surface area contributed by atoms with Crippen molar-refractivity contribution in [1.82, 2.24) is 0 Å². The molecule has 8 aromatic rings. The highest BCUT2D eigenvalue weighted by molar-refractivity contribution is 14.1. The van der Waals surface area contributed by atoms with E-state index in [1.54, 1.807) is 11.1 Å². The minimum atomic E-state index is 1.06. The van der Waals surface area contributed by atoms with E-state index in [1.807, 2.05) is 0 Å². The number of rotatable bonds is 0. The topological polar surface area (TPSA) is 0 Å². The Labute approximate surface area is 309 Å². The van der Waals surface area contributed by atoms with Crippen molar-refractivity contribution < 1.29 is 0 Å². The summed E-state index contributed by atoms with van der Waals surface area (Å²) in [6, 6.07) is 44.7. The molecule has 0 spiro atoms. The molecular weight excluding hydrogens is 806 g/mol. The van der Waals surface area contributed by atoms with Gasteiger partial charge < -0.3 is 0 Å². The van der Waals surface area contributed by atoms with E-state index in [4.69, 9.17) is 0 Å². The summed E-state index contributed by atoms with van der Waals surface area (Å²) in [6.07, 6.45) is 4.26. The molecule has 0 aromatic heterocycles. The van der Waals surface area contributed by atoms with Gasteiger partial charge in [-0.1, -0.05) is 97.1 Å². The lowest BCUT2D eigenvalue weighted by Crippen LogP contribution is -2.11.